The second-order valence-electron chi connectivity index (χ2n) is 5.90. The number of rotatable bonds is 7. The van der Waals surface area contributed by atoms with Crippen LogP contribution >= 0.6 is 0 Å². The summed E-state index contributed by atoms with van der Waals surface area (Å²) >= 11 is -2.41. The Morgan fingerprint density at radius 3 is 2.78 bits per heavy atom. The summed E-state index contributed by atoms with van der Waals surface area (Å²) in [5.74, 6) is -2.15. The standard InChI is InChI=1S/C19H16F2N2O3S/c20-15-10-13(4-2-8-23-27(25)26)18(21)16(11-15)19(24)14-5-6-17-12(9-14)3-1-7-22-17/h1,3,5-7,9-11,23H,2,4,8H2,(H,25,26)/p-1. The van der Waals surface area contributed by atoms with Crippen molar-refractivity contribution in [3.05, 3.63) is 77.0 Å². The third kappa shape index (κ3) is 4.60. The van der Waals surface area contributed by atoms with E-state index in [2.05, 4.69) is 9.71 Å². The molecule has 1 N–H and O–H groups in total. The van der Waals surface area contributed by atoms with E-state index in [1.807, 2.05) is 0 Å². The number of carbonyl (C=O) groups excluding carboxylic acids is 1. The SMILES string of the molecule is O=C(c1ccc2ncccc2c1)c1cc(F)cc(CCCNS(=O)[O-])c1F. The molecule has 3 rings (SSSR count). The van der Waals surface area contributed by atoms with Gasteiger partial charge in [0.2, 0.25) is 0 Å². The predicted molar refractivity (Wildman–Crippen MR) is 96.8 cm³/mol. The second kappa shape index (κ2) is 8.43. The van der Waals surface area contributed by atoms with Gasteiger partial charge in [-0.1, -0.05) is 6.07 Å². The highest BCUT2D eigenvalue weighted by molar-refractivity contribution is 7.77. The molecule has 1 unspecified atom stereocenters. The third-order valence-corrected chi connectivity index (χ3v) is 4.51. The van der Waals surface area contributed by atoms with E-state index in [-0.39, 0.29) is 36.1 Å². The Morgan fingerprint density at radius 2 is 2.00 bits per heavy atom. The van der Waals surface area contributed by atoms with Gasteiger partial charge in [0, 0.05) is 35.0 Å². The molecule has 0 spiro atoms. The van der Waals surface area contributed by atoms with Crippen LogP contribution in [0.4, 0.5) is 8.78 Å². The molecule has 0 amide bonds. The number of aromatic nitrogens is 1. The first-order valence-electron chi connectivity index (χ1n) is 8.16. The first-order chi connectivity index (χ1) is 13.0. The van der Waals surface area contributed by atoms with Gasteiger partial charge in [-0.2, -0.15) is 0 Å². The molecule has 1 atom stereocenters. The highest BCUT2D eigenvalue weighted by atomic mass is 32.2. The number of nitrogens with zero attached hydrogens (tertiary/aromatic N) is 1. The predicted octanol–water partition coefficient (Wildman–Crippen LogP) is 3.06. The van der Waals surface area contributed by atoms with Crippen LogP contribution in [0.15, 0.2) is 48.7 Å². The summed E-state index contributed by atoms with van der Waals surface area (Å²) in [6.45, 7) is 0.0903. The summed E-state index contributed by atoms with van der Waals surface area (Å²) in [5, 5.41) is 0.720. The van der Waals surface area contributed by atoms with Gasteiger partial charge in [0.05, 0.1) is 11.1 Å². The minimum absolute atomic E-state index is 0.0271. The first kappa shape index (κ1) is 19.2. The van der Waals surface area contributed by atoms with Crippen LogP contribution in [0.2, 0.25) is 0 Å². The van der Waals surface area contributed by atoms with E-state index in [0.717, 1.165) is 17.5 Å². The summed E-state index contributed by atoms with van der Waals surface area (Å²) in [5.41, 5.74) is 0.597. The van der Waals surface area contributed by atoms with Crippen molar-refractivity contribution in [1.82, 2.24) is 9.71 Å². The number of pyridine rings is 1. The van der Waals surface area contributed by atoms with Crippen LogP contribution in [0.25, 0.3) is 10.9 Å². The number of fused-ring (bicyclic) bond motifs is 1. The lowest BCUT2D eigenvalue weighted by Gasteiger charge is -2.10. The molecule has 0 aliphatic rings. The summed E-state index contributed by atoms with van der Waals surface area (Å²) in [6, 6.07) is 10.1. The molecule has 1 heterocycles. The van der Waals surface area contributed by atoms with E-state index < -0.39 is 28.7 Å². The Hall–Kier alpha value is -2.55. The van der Waals surface area contributed by atoms with Crippen molar-refractivity contribution in [2.75, 3.05) is 6.54 Å². The van der Waals surface area contributed by atoms with Crippen molar-refractivity contribution < 1.29 is 22.3 Å². The van der Waals surface area contributed by atoms with E-state index in [4.69, 9.17) is 0 Å². The fraction of sp³-hybridized carbons (Fsp3) is 0.158. The number of halogens is 2. The molecule has 1 aromatic heterocycles. The first-order valence-corrected chi connectivity index (χ1v) is 9.23. The van der Waals surface area contributed by atoms with Gasteiger partial charge in [0.1, 0.15) is 11.6 Å². The van der Waals surface area contributed by atoms with Gasteiger partial charge in [-0.3, -0.25) is 14.0 Å². The largest absolute Gasteiger partial charge is 0.760 e. The van der Waals surface area contributed by atoms with Crippen LogP contribution in [0.3, 0.4) is 0 Å². The number of carbonyl (C=O) groups is 1. The Kier molecular flexibility index (Phi) is 6.00. The van der Waals surface area contributed by atoms with Crippen LogP contribution in [0.5, 0.6) is 0 Å². The topological polar surface area (TPSA) is 82.1 Å². The van der Waals surface area contributed by atoms with Gasteiger partial charge >= 0.3 is 0 Å². The lowest BCUT2D eigenvalue weighted by molar-refractivity contribution is 0.103. The van der Waals surface area contributed by atoms with Crippen LogP contribution in [-0.2, 0) is 17.7 Å². The summed E-state index contributed by atoms with van der Waals surface area (Å²) < 4.78 is 51.7. The molecule has 0 aliphatic heterocycles. The maximum absolute atomic E-state index is 14.7. The van der Waals surface area contributed by atoms with E-state index in [0.29, 0.717) is 5.52 Å². The molecular formula is C19H15F2N2O3S-. The number of hydrogen-bond donors (Lipinski definition) is 1. The van der Waals surface area contributed by atoms with Crippen LogP contribution < -0.4 is 4.72 Å². The lowest BCUT2D eigenvalue weighted by atomic mass is 9.97. The quantitative estimate of drug-likeness (QED) is 0.383. The van der Waals surface area contributed by atoms with E-state index in [1.165, 1.54) is 6.07 Å². The fourth-order valence-corrected chi connectivity index (χ4v) is 3.11. The smallest absolute Gasteiger partial charge is 0.196 e. The van der Waals surface area contributed by atoms with Gasteiger partial charge in [-0.25, -0.2) is 13.5 Å². The van der Waals surface area contributed by atoms with E-state index in [9.17, 15) is 22.3 Å². The maximum atomic E-state index is 14.7. The van der Waals surface area contributed by atoms with Crippen molar-refractivity contribution >= 4 is 28.0 Å². The molecule has 3 aromatic rings. The Labute approximate surface area is 156 Å². The number of ketones is 1. The molecule has 0 saturated carbocycles. The van der Waals surface area contributed by atoms with Crippen LogP contribution in [0.1, 0.15) is 27.9 Å². The molecule has 0 fully saturated rings. The van der Waals surface area contributed by atoms with Crippen molar-refractivity contribution in [3.8, 4) is 0 Å². The molecule has 140 valence electrons. The summed E-state index contributed by atoms with van der Waals surface area (Å²) in [7, 11) is 0. The zero-order chi connectivity index (χ0) is 19.4. The number of benzene rings is 2. The average Bonchev–Trinajstić information content (AvgIpc) is 2.66. The molecule has 5 nitrogen and oxygen atoms in total. The molecule has 0 aliphatic carbocycles. The minimum Gasteiger partial charge on any atom is -0.760 e. The molecule has 27 heavy (non-hydrogen) atoms. The average molecular weight is 389 g/mol. The third-order valence-electron chi connectivity index (χ3n) is 4.07. The lowest BCUT2D eigenvalue weighted by Crippen LogP contribution is -2.18. The summed E-state index contributed by atoms with van der Waals surface area (Å²) in [4.78, 5) is 16.9. The molecule has 0 radical (unpaired) electrons. The van der Waals surface area contributed by atoms with Crippen molar-refractivity contribution in [2.24, 2.45) is 0 Å². The summed E-state index contributed by atoms with van der Waals surface area (Å²) in [6.07, 6.45) is 1.99. The zero-order valence-corrected chi connectivity index (χ0v) is 14.9. The number of nitrogens with one attached hydrogen (secondary N) is 1. The monoisotopic (exact) mass is 389 g/mol. The Balaban J connectivity index is 1.88. The Morgan fingerprint density at radius 1 is 1.19 bits per heavy atom. The molecule has 0 saturated heterocycles. The van der Waals surface area contributed by atoms with Crippen molar-refractivity contribution in [1.29, 1.82) is 0 Å². The number of hydrogen-bond acceptors (Lipinski definition) is 4. The van der Waals surface area contributed by atoms with Crippen LogP contribution in [0, 0.1) is 11.6 Å². The van der Waals surface area contributed by atoms with Gasteiger partial charge < -0.3 is 4.55 Å². The maximum Gasteiger partial charge on any atom is 0.196 e. The molecular weight excluding hydrogens is 374 g/mol. The van der Waals surface area contributed by atoms with Crippen LogP contribution in [-0.4, -0.2) is 26.1 Å². The normalized spacial score (nSPS) is 12.3. The van der Waals surface area contributed by atoms with Gasteiger partial charge in [-0.05, 0) is 54.8 Å². The van der Waals surface area contributed by atoms with Crippen molar-refractivity contribution in [3.63, 3.8) is 0 Å². The van der Waals surface area contributed by atoms with Gasteiger partial charge in [-0.15, -0.1) is 0 Å². The highest BCUT2D eigenvalue weighted by Gasteiger charge is 2.19. The molecule has 8 heteroatoms. The zero-order valence-electron chi connectivity index (χ0n) is 14.1. The molecule has 0 bridgehead atoms. The minimum atomic E-state index is -2.41. The van der Waals surface area contributed by atoms with Gasteiger partial charge in [0.15, 0.2) is 5.78 Å². The van der Waals surface area contributed by atoms with Gasteiger partial charge in [0.25, 0.3) is 0 Å². The number of aryl methyl sites for hydroxylation is 1. The molecule has 2 aromatic carbocycles. The second-order valence-corrected chi connectivity index (χ2v) is 6.66. The van der Waals surface area contributed by atoms with E-state index in [1.54, 1.807) is 30.5 Å². The highest BCUT2D eigenvalue weighted by Crippen LogP contribution is 2.22. The van der Waals surface area contributed by atoms with Crippen molar-refractivity contribution in [2.45, 2.75) is 12.8 Å². The van der Waals surface area contributed by atoms with E-state index >= 15 is 0 Å². The Bertz CT molecular complexity index is 1030. The fourth-order valence-electron chi connectivity index (χ4n) is 2.80.